The van der Waals surface area contributed by atoms with Gasteiger partial charge in [0.05, 0.1) is 18.0 Å². The van der Waals surface area contributed by atoms with Gasteiger partial charge >= 0.3 is 0 Å². The smallest absolute Gasteiger partial charge is 0.243 e. The second-order valence-electron chi connectivity index (χ2n) is 7.71. The summed E-state index contributed by atoms with van der Waals surface area (Å²) in [5.41, 5.74) is 1.11. The van der Waals surface area contributed by atoms with Gasteiger partial charge in [-0.1, -0.05) is 55.5 Å². The lowest BCUT2D eigenvalue weighted by atomic mass is 10.1. The second kappa shape index (κ2) is 11.1. The van der Waals surface area contributed by atoms with E-state index in [9.17, 15) is 13.2 Å². The molecule has 3 aromatic rings. The van der Waals surface area contributed by atoms with E-state index in [1.165, 1.54) is 4.31 Å². The van der Waals surface area contributed by atoms with E-state index in [0.29, 0.717) is 31.7 Å². The summed E-state index contributed by atoms with van der Waals surface area (Å²) in [5, 5.41) is 0. The SMILES string of the molecule is CCCN(CC(=O)N(CCc1ccccc1)Cc1ccc(C)o1)S(=O)(=O)c1ccccc1. The highest BCUT2D eigenvalue weighted by Gasteiger charge is 2.28. The number of amides is 1. The molecule has 0 unspecified atom stereocenters. The molecule has 0 radical (unpaired) electrons. The minimum absolute atomic E-state index is 0.193. The average Bonchev–Trinajstić information content (AvgIpc) is 3.22. The molecule has 0 saturated heterocycles. The first-order chi connectivity index (χ1) is 15.4. The third kappa shape index (κ3) is 6.31. The molecule has 0 atom stereocenters. The highest BCUT2D eigenvalue weighted by molar-refractivity contribution is 7.89. The number of hydrogen-bond donors (Lipinski definition) is 0. The van der Waals surface area contributed by atoms with Crippen LogP contribution < -0.4 is 0 Å². The van der Waals surface area contributed by atoms with Crippen molar-refractivity contribution in [2.24, 2.45) is 0 Å². The number of sulfonamides is 1. The number of rotatable bonds is 11. The maximum Gasteiger partial charge on any atom is 0.243 e. The van der Waals surface area contributed by atoms with Crippen molar-refractivity contribution in [1.82, 2.24) is 9.21 Å². The fourth-order valence-electron chi connectivity index (χ4n) is 3.48. The third-order valence-corrected chi connectivity index (χ3v) is 7.03. The van der Waals surface area contributed by atoms with Crippen molar-refractivity contribution in [3.8, 4) is 0 Å². The fourth-order valence-corrected chi connectivity index (χ4v) is 4.99. The van der Waals surface area contributed by atoms with Crippen LogP contribution in [0.3, 0.4) is 0 Å². The normalized spacial score (nSPS) is 11.6. The zero-order chi connectivity index (χ0) is 23.0. The third-order valence-electron chi connectivity index (χ3n) is 5.17. The molecule has 170 valence electrons. The van der Waals surface area contributed by atoms with Gasteiger partial charge in [-0.15, -0.1) is 0 Å². The van der Waals surface area contributed by atoms with Crippen molar-refractivity contribution in [2.45, 2.75) is 38.1 Å². The molecule has 0 aliphatic rings. The molecule has 7 heteroatoms. The minimum Gasteiger partial charge on any atom is -0.464 e. The van der Waals surface area contributed by atoms with E-state index < -0.39 is 10.0 Å². The Balaban J connectivity index is 1.79. The van der Waals surface area contributed by atoms with Gasteiger partial charge in [0.2, 0.25) is 15.9 Å². The van der Waals surface area contributed by atoms with E-state index in [4.69, 9.17) is 4.42 Å². The van der Waals surface area contributed by atoms with E-state index in [1.54, 1.807) is 35.2 Å². The molecule has 1 heterocycles. The van der Waals surface area contributed by atoms with E-state index in [-0.39, 0.29) is 23.9 Å². The van der Waals surface area contributed by atoms with Gasteiger partial charge in [0.25, 0.3) is 0 Å². The van der Waals surface area contributed by atoms with Crippen LogP contribution in [0.2, 0.25) is 0 Å². The zero-order valence-corrected chi connectivity index (χ0v) is 19.4. The summed E-state index contributed by atoms with van der Waals surface area (Å²) < 4.78 is 33.3. The first kappa shape index (κ1) is 23.8. The molecule has 6 nitrogen and oxygen atoms in total. The zero-order valence-electron chi connectivity index (χ0n) is 18.6. The van der Waals surface area contributed by atoms with Gasteiger partial charge in [-0.3, -0.25) is 4.79 Å². The first-order valence-electron chi connectivity index (χ1n) is 10.8. The maximum absolute atomic E-state index is 13.3. The summed E-state index contributed by atoms with van der Waals surface area (Å²) in [4.78, 5) is 15.2. The van der Waals surface area contributed by atoms with Gasteiger partial charge in [-0.25, -0.2) is 8.42 Å². The van der Waals surface area contributed by atoms with Crippen LogP contribution in [0, 0.1) is 6.92 Å². The number of furan rings is 1. The molecule has 0 N–H and O–H groups in total. The Morgan fingerprint density at radius 3 is 2.16 bits per heavy atom. The Hall–Kier alpha value is -2.90. The number of benzene rings is 2. The van der Waals surface area contributed by atoms with Crippen LogP contribution in [0.5, 0.6) is 0 Å². The van der Waals surface area contributed by atoms with Crippen molar-refractivity contribution >= 4 is 15.9 Å². The highest BCUT2D eigenvalue weighted by Crippen LogP contribution is 2.17. The molecular weight excluding hydrogens is 424 g/mol. The standard InChI is InChI=1S/C25H30N2O4S/c1-3-17-27(32(29,30)24-12-8-5-9-13-24)20-25(28)26(19-23-15-14-21(2)31-23)18-16-22-10-6-4-7-11-22/h4-15H,3,16-20H2,1-2H3. The number of aryl methyl sites for hydroxylation is 1. The van der Waals surface area contributed by atoms with Crippen LogP contribution in [-0.2, 0) is 27.8 Å². The molecular formula is C25H30N2O4S. The Morgan fingerprint density at radius 1 is 0.906 bits per heavy atom. The van der Waals surface area contributed by atoms with Crippen molar-refractivity contribution < 1.29 is 17.6 Å². The van der Waals surface area contributed by atoms with E-state index in [0.717, 1.165) is 11.3 Å². The Bertz CT molecular complexity index is 1100. The number of carbonyl (C=O) groups excluding carboxylic acids is 1. The minimum atomic E-state index is -3.77. The molecule has 3 rings (SSSR count). The van der Waals surface area contributed by atoms with Crippen molar-refractivity contribution in [1.29, 1.82) is 0 Å². The monoisotopic (exact) mass is 454 g/mol. The average molecular weight is 455 g/mol. The van der Waals surface area contributed by atoms with E-state index >= 15 is 0 Å². The Kier molecular flexibility index (Phi) is 8.25. The Labute approximate surface area is 190 Å². The van der Waals surface area contributed by atoms with Gasteiger partial charge in [0, 0.05) is 13.1 Å². The lowest BCUT2D eigenvalue weighted by Crippen LogP contribution is -2.43. The molecule has 0 fully saturated rings. The van der Waals surface area contributed by atoms with Crippen molar-refractivity contribution in [3.05, 3.63) is 89.9 Å². The maximum atomic E-state index is 13.3. The lowest BCUT2D eigenvalue weighted by molar-refractivity contribution is -0.132. The van der Waals surface area contributed by atoms with Gasteiger partial charge in [0.1, 0.15) is 11.5 Å². The van der Waals surface area contributed by atoms with Crippen LogP contribution in [0.15, 0.2) is 82.1 Å². The summed E-state index contributed by atoms with van der Waals surface area (Å²) in [6, 6.07) is 21.9. The van der Waals surface area contributed by atoms with Crippen LogP contribution in [-0.4, -0.2) is 43.2 Å². The number of hydrogen-bond acceptors (Lipinski definition) is 4. The van der Waals surface area contributed by atoms with Gasteiger partial charge in [-0.2, -0.15) is 4.31 Å². The molecule has 1 amide bonds. The fraction of sp³-hybridized carbons (Fsp3) is 0.320. The Morgan fingerprint density at radius 2 is 1.56 bits per heavy atom. The van der Waals surface area contributed by atoms with E-state index in [2.05, 4.69) is 0 Å². The molecule has 32 heavy (non-hydrogen) atoms. The van der Waals surface area contributed by atoms with Crippen LogP contribution >= 0.6 is 0 Å². The lowest BCUT2D eigenvalue weighted by Gasteiger charge is -2.27. The number of nitrogens with zero attached hydrogens (tertiary/aromatic N) is 2. The molecule has 0 aliphatic heterocycles. The molecule has 1 aromatic heterocycles. The predicted octanol–water partition coefficient (Wildman–Crippen LogP) is 4.26. The van der Waals surface area contributed by atoms with Crippen LogP contribution in [0.1, 0.15) is 30.4 Å². The molecule has 0 aliphatic carbocycles. The summed E-state index contributed by atoms with van der Waals surface area (Å²) in [7, 11) is -3.77. The second-order valence-corrected chi connectivity index (χ2v) is 9.65. The summed E-state index contributed by atoms with van der Waals surface area (Å²) >= 11 is 0. The highest BCUT2D eigenvalue weighted by atomic mass is 32.2. The van der Waals surface area contributed by atoms with Crippen molar-refractivity contribution in [3.63, 3.8) is 0 Å². The van der Waals surface area contributed by atoms with Crippen LogP contribution in [0.4, 0.5) is 0 Å². The van der Waals surface area contributed by atoms with Gasteiger partial charge in [0.15, 0.2) is 0 Å². The first-order valence-corrected chi connectivity index (χ1v) is 12.3. The topological polar surface area (TPSA) is 70.8 Å². The molecule has 2 aromatic carbocycles. The summed E-state index contributed by atoms with van der Waals surface area (Å²) in [6.45, 7) is 4.58. The summed E-state index contributed by atoms with van der Waals surface area (Å²) in [6.07, 6.45) is 1.28. The molecule has 0 spiro atoms. The van der Waals surface area contributed by atoms with Gasteiger partial charge in [-0.05, 0) is 49.6 Å². The van der Waals surface area contributed by atoms with Crippen LogP contribution in [0.25, 0.3) is 0 Å². The van der Waals surface area contributed by atoms with E-state index in [1.807, 2.05) is 56.3 Å². The van der Waals surface area contributed by atoms with Gasteiger partial charge < -0.3 is 9.32 Å². The quantitative estimate of drug-likeness (QED) is 0.434. The van der Waals surface area contributed by atoms with Crippen molar-refractivity contribution in [2.75, 3.05) is 19.6 Å². The summed E-state index contributed by atoms with van der Waals surface area (Å²) in [5.74, 6) is 1.20. The predicted molar refractivity (Wildman–Crippen MR) is 124 cm³/mol. The number of carbonyl (C=O) groups is 1. The molecule has 0 saturated carbocycles. The largest absolute Gasteiger partial charge is 0.464 e. The molecule has 0 bridgehead atoms.